The van der Waals surface area contributed by atoms with Crippen molar-refractivity contribution >= 4 is 34.1 Å². The molecule has 0 spiro atoms. The molecule has 0 bridgehead atoms. The zero-order valence-corrected chi connectivity index (χ0v) is 10.5. The Labute approximate surface area is 99.9 Å². The lowest BCUT2D eigenvalue weighted by Crippen LogP contribution is -1.92. The highest BCUT2D eigenvalue weighted by atomic mass is 127. The Bertz CT molecular complexity index is 441. The van der Waals surface area contributed by atoms with Gasteiger partial charge in [-0.3, -0.25) is 4.98 Å². The van der Waals surface area contributed by atoms with Gasteiger partial charge in [0.1, 0.15) is 5.69 Å². The van der Waals surface area contributed by atoms with Crippen molar-refractivity contribution in [1.82, 2.24) is 14.3 Å². The van der Waals surface area contributed by atoms with Crippen LogP contribution in [0.5, 0.6) is 0 Å². The molecule has 0 atom stereocenters. The first-order valence-corrected chi connectivity index (χ1v) is 6.10. The van der Waals surface area contributed by atoms with Crippen LogP contribution in [0.4, 0.5) is 0 Å². The van der Waals surface area contributed by atoms with E-state index in [0.717, 1.165) is 21.0 Å². The lowest BCUT2D eigenvalue weighted by atomic mass is 10.1. The summed E-state index contributed by atoms with van der Waals surface area (Å²) in [5, 5.41) is 0. The monoisotopic (exact) mass is 317 g/mol. The average molecular weight is 317 g/mol. The molecule has 5 heteroatoms. The third kappa shape index (κ3) is 1.93. The third-order valence-corrected chi connectivity index (χ3v) is 3.22. The summed E-state index contributed by atoms with van der Waals surface area (Å²) in [6.45, 7) is 2.11. The van der Waals surface area contributed by atoms with Crippen LogP contribution in [0.15, 0.2) is 18.3 Å². The van der Waals surface area contributed by atoms with E-state index in [0.29, 0.717) is 0 Å². The van der Waals surface area contributed by atoms with Crippen molar-refractivity contribution in [3.05, 3.63) is 26.9 Å². The van der Waals surface area contributed by atoms with Gasteiger partial charge in [0.2, 0.25) is 0 Å². The molecule has 0 aromatic carbocycles. The van der Waals surface area contributed by atoms with E-state index in [9.17, 15) is 0 Å². The summed E-state index contributed by atoms with van der Waals surface area (Å²) >= 11 is 3.57. The third-order valence-electron chi connectivity index (χ3n) is 1.89. The van der Waals surface area contributed by atoms with Crippen molar-refractivity contribution in [3.8, 4) is 11.5 Å². The maximum atomic E-state index is 4.32. The Kier molecular flexibility index (Phi) is 3.07. The maximum Gasteiger partial charge on any atom is 0.192 e. The molecule has 14 heavy (non-hydrogen) atoms. The maximum absolute atomic E-state index is 4.32. The van der Waals surface area contributed by atoms with Gasteiger partial charge < -0.3 is 0 Å². The van der Waals surface area contributed by atoms with Crippen LogP contribution in [-0.4, -0.2) is 14.3 Å². The Morgan fingerprint density at radius 2 is 2.36 bits per heavy atom. The van der Waals surface area contributed by atoms with Crippen molar-refractivity contribution in [2.45, 2.75) is 13.3 Å². The van der Waals surface area contributed by atoms with E-state index in [1.807, 2.05) is 6.07 Å². The molecule has 0 fully saturated rings. The van der Waals surface area contributed by atoms with Crippen LogP contribution < -0.4 is 0 Å². The van der Waals surface area contributed by atoms with Crippen molar-refractivity contribution < 1.29 is 0 Å². The molecule has 0 N–H and O–H groups in total. The van der Waals surface area contributed by atoms with Crippen molar-refractivity contribution in [2.24, 2.45) is 0 Å². The predicted molar refractivity (Wildman–Crippen MR) is 65.2 cm³/mol. The Morgan fingerprint density at radius 1 is 1.50 bits per heavy atom. The fourth-order valence-corrected chi connectivity index (χ4v) is 2.17. The Morgan fingerprint density at radius 3 is 3.00 bits per heavy atom. The molecule has 0 aliphatic heterocycles. The van der Waals surface area contributed by atoms with Gasteiger partial charge in [0.05, 0.1) is 0 Å². The van der Waals surface area contributed by atoms with Gasteiger partial charge in [-0.25, -0.2) is 4.98 Å². The van der Waals surface area contributed by atoms with Crippen LogP contribution in [0.2, 0.25) is 0 Å². The van der Waals surface area contributed by atoms with Gasteiger partial charge in [-0.1, -0.05) is 13.0 Å². The van der Waals surface area contributed by atoms with Crippen LogP contribution in [0, 0.1) is 3.01 Å². The number of rotatable bonds is 2. The molecule has 0 aliphatic rings. The highest BCUT2D eigenvalue weighted by Gasteiger charge is 2.09. The molecular formula is C9H8IN3S. The minimum atomic E-state index is 0.747. The number of halogens is 1. The van der Waals surface area contributed by atoms with Crippen LogP contribution in [0.3, 0.4) is 0 Å². The zero-order valence-electron chi connectivity index (χ0n) is 7.57. The van der Waals surface area contributed by atoms with Gasteiger partial charge in [-0.05, 0) is 52.2 Å². The fraction of sp³-hybridized carbons (Fsp3) is 0.222. The molecular weight excluding hydrogens is 309 g/mol. The SMILES string of the molecule is CCc1cccnc1-c1nsc(I)n1. The summed E-state index contributed by atoms with van der Waals surface area (Å²) in [5.74, 6) is 0.747. The summed E-state index contributed by atoms with van der Waals surface area (Å²) in [5.41, 5.74) is 2.11. The summed E-state index contributed by atoms with van der Waals surface area (Å²) in [7, 11) is 0. The first-order chi connectivity index (χ1) is 6.81. The highest BCUT2D eigenvalue weighted by molar-refractivity contribution is 14.1. The van der Waals surface area contributed by atoms with E-state index in [4.69, 9.17) is 0 Å². The second-order valence-corrected chi connectivity index (χ2v) is 5.24. The number of nitrogens with zero attached hydrogens (tertiary/aromatic N) is 3. The number of aryl methyl sites for hydroxylation is 1. The number of aromatic nitrogens is 3. The largest absolute Gasteiger partial charge is 0.253 e. The van der Waals surface area contributed by atoms with Gasteiger partial charge in [0.25, 0.3) is 0 Å². The minimum absolute atomic E-state index is 0.747. The average Bonchev–Trinajstić information content (AvgIpc) is 2.65. The molecule has 0 aliphatic carbocycles. The number of pyridine rings is 1. The molecule has 3 nitrogen and oxygen atoms in total. The smallest absolute Gasteiger partial charge is 0.192 e. The zero-order chi connectivity index (χ0) is 9.97. The molecule has 2 heterocycles. The van der Waals surface area contributed by atoms with Crippen molar-refractivity contribution in [3.63, 3.8) is 0 Å². The lowest BCUT2D eigenvalue weighted by Gasteiger charge is -2.00. The molecule has 0 amide bonds. The Hall–Kier alpha value is -0.560. The minimum Gasteiger partial charge on any atom is -0.253 e. The lowest BCUT2D eigenvalue weighted by molar-refractivity contribution is 1.09. The van der Waals surface area contributed by atoms with E-state index in [1.54, 1.807) is 6.20 Å². The van der Waals surface area contributed by atoms with Crippen LogP contribution in [-0.2, 0) is 6.42 Å². The van der Waals surface area contributed by atoms with Crippen LogP contribution in [0.25, 0.3) is 11.5 Å². The van der Waals surface area contributed by atoms with E-state index in [1.165, 1.54) is 17.1 Å². The van der Waals surface area contributed by atoms with E-state index in [2.05, 4.69) is 49.9 Å². The topological polar surface area (TPSA) is 38.7 Å². The van der Waals surface area contributed by atoms with Gasteiger partial charge in [-0.15, -0.1) is 0 Å². The summed E-state index contributed by atoms with van der Waals surface area (Å²) < 4.78 is 5.20. The van der Waals surface area contributed by atoms with Crippen LogP contribution in [0.1, 0.15) is 12.5 Å². The molecule has 2 aromatic rings. The van der Waals surface area contributed by atoms with Gasteiger partial charge in [0.15, 0.2) is 8.84 Å². The Balaban J connectivity index is 2.50. The molecule has 0 saturated heterocycles. The summed E-state index contributed by atoms with van der Waals surface area (Å²) in [4.78, 5) is 8.63. The van der Waals surface area contributed by atoms with Gasteiger partial charge in [0, 0.05) is 6.20 Å². The molecule has 72 valence electrons. The van der Waals surface area contributed by atoms with Gasteiger partial charge >= 0.3 is 0 Å². The first kappa shape index (κ1) is 9.97. The second-order valence-electron chi connectivity index (χ2n) is 2.74. The molecule has 2 rings (SSSR count). The molecule has 2 aromatic heterocycles. The van der Waals surface area contributed by atoms with E-state index in [-0.39, 0.29) is 0 Å². The second kappa shape index (κ2) is 4.31. The van der Waals surface area contributed by atoms with E-state index >= 15 is 0 Å². The number of hydrogen-bond donors (Lipinski definition) is 0. The van der Waals surface area contributed by atoms with Crippen LogP contribution >= 0.6 is 34.1 Å². The highest BCUT2D eigenvalue weighted by Crippen LogP contribution is 2.20. The normalized spacial score (nSPS) is 10.4. The van der Waals surface area contributed by atoms with Gasteiger partial charge in [-0.2, -0.15) is 4.37 Å². The molecule has 0 unspecified atom stereocenters. The summed E-state index contributed by atoms with van der Waals surface area (Å²) in [6, 6.07) is 4.01. The van der Waals surface area contributed by atoms with E-state index < -0.39 is 0 Å². The molecule has 0 radical (unpaired) electrons. The predicted octanol–water partition coefficient (Wildman–Crippen LogP) is 2.77. The number of hydrogen-bond acceptors (Lipinski definition) is 4. The van der Waals surface area contributed by atoms with Crippen molar-refractivity contribution in [1.29, 1.82) is 0 Å². The summed E-state index contributed by atoms with van der Waals surface area (Å²) in [6.07, 6.45) is 2.74. The first-order valence-electron chi connectivity index (χ1n) is 4.24. The fourth-order valence-electron chi connectivity index (χ4n) is 1.23. The molecule has 0 saturated carbocycles. The van der Waals surface area contributed by atoms with Crippen molar-refractivity contribution in [2.75, 3.05) is 0 Å². The quantitative estimate of drug-likeness (QED) is 0.800. The standard InChI is InChI=1S/C9H8IN3S/c1-2-6-4-3-5-11-7(6)8-12-9(10)14-13-8/h3-5H,2H2,1H3.